The molecule has 1 aromatic carbocycles. The summed E-state index contributed by atoms with van der Waals surface area (Å²) in [5.41, 5.74) is 6.57. The molecule has 0 atom stereocenters. The number of carbonyl (C=O) groups excluding carboxylic acids is 1. The van der Waals surface area contributed by atoms with E-state index in [1.54, 1.807) is 0 Å². The maximum Gasteiger partial charge on any atom is 0.258 e. The van der Waals surface area contributed by atoms with Crippen LogP contribution in [0.15, 0.2) is 24.3 Å². The van der Waals surface area contributed by atoms with E-state index in [0.717, 1.165) is 0 Å². The van der Waals surface area contributed by atoms with Crippen molar-refractivity contribution in [2.75, 3.05) is 13.2 Å². The summed E-state index contributed by atoms with van der Waals surface area (Å²) in [6, 6.07) is 7.80. The van der Waals surface area contributed by atoms with Crippen molar-refractivity contribution in [3.05, 3.63) is 29.8 Å². The molecule has 4 nitrogen and oxygen atoms in total. The van der Waals surface area contributed by atoms with Gasteiger partial charge in [-0.3, -0.25) is 4.79 Å². The summed E-state index contributed by atoms with van der Waals surface area (Å²) in [5, 5.41) is 2.74. The van der Waals surface area contributed by atoms with Crippen LogP contribution in [0.2, 0.25) is 0 Å². The Hall–Kier alpha value is -1.55. The number of nitrogens with two attached hydrogens (primary N) is 1. The van der Waals surface area contributed by atoms with Gasteiger partial charge in [0.15, 0.2) is 6.61 Å². The molecule has 0 saturated heterocycles. The van der Waals surface area contributed by atoms with Gasteiger partial charge < -0.3 is 15.8 Å². The van der Waals surface area contributed by atoms with Crippen molar-refractivity contribution in [1.29, 1.82) is 0 Å². The molecule has 3 N–H and O–H groups in total. The van der Waals surface area contributed by atoms with Gasteiger partial charge in [-0.1, -0.05) is 26.0 Å². The van der Waals surface area contributed by atoms with Crippen LogP contribution in [0.1, 0.15) is 39.2 Å². The Morgan fingerprint density at radius 2 is 2.11 bits per heavy atom. The van der Waals surface area contributed by atoms with E-state index in [1.165, 1.54) is 5.56 Å². The van der Waals surface area contributed by atoms with E-state index in [-0.39, 0.29) is 12.5 Å². The number of carbonyl (C=O) groups is 1. The Morgan fingerprint density at radius 1 is 1.42 bits per heavy atom. The molecule has 0 radical (unpaired) electrons. The fourth-order valence-electron chi connectivity index (χ4n) is 1.49. The van der Waals surface area contributed by atoms with Crippen molar-refractivity contribution in [2.24, 2.45) is 5.73 Å². The van der Waals surface area contributed by atoms with Gasteiger partial charge in [-0.25, -0.2) is 0 Å². The van der Waals surface area contributed by atoms with E-state index in [4.69, 9.17) is 10.5 Å². The summed E-state index contributed by atoms with van der Waals surface area (Å²) in [7, 11) is 0. The summed E-state index contributed by atoms with van der Waals surface area (Å²) in [4.78, 5) is 11.6. The first-order valence-corrected chi connectivity index (χ1v) is 6.56. The normalized spacial score (nSPS) is 11.5. The van der Waals surface area contributed by atoms with E-state index < -0.39 is 5.54 Å². The van der Waals surface area contributed by atoms with Crippen LogP contribution in [0.25, 0.3) is 0 Å². The lowest BCUT2D eigenvalue weighted by Gasteiger charge is -2.19. The average molecular weight is 264 g/mol. The fourth-order valence-corrected chi connectivity index (χ4v) is 1.49. The summed E-state index contributed by atoms with van der Waals surface area (Å²) in [5.74, 6) is 0.997. The number of rotatable bonds is 6. The number of amides is 1. The molecule has 1 rings (SSSR count). The van der Waals surface area contributed by atoms with E-state index in [1.807, 2.05) is 32.0 Å². The lowest BCUT2D eigenvalue weighted by molar-refractivity contribution is -0.123. The minimum atomic E-state index is -0.410. The van der Waals surface area contributed by atoms with Gasteiger partial charge in [0, 0.05) is 12.1 Å². The van der Waals surface area contributed by atoms with Crippen LogP contribution in [0.3, 0.4) is 0 Å². The van der Waals surface area contributed by atoms with Gasteiger partial charge in [-0.2, -0.15) is 0 Å². The SMILES string of the molecule is CC(C)c1cccc(OCC(=O)NCC(C)(C)N)c1. The molecule has 4 heteroatoms. The maximum atomic E-state index is 11.6. The molecule has 0 fully saturated rings. The Labute approximate surface area is 115 Å². The maximum absolute atomic E-state index is 11.6. The zero-order valence-electron chi connectivity index (χ0n) is 12.2. The van der Waals surface area contributed by atoms with Gasteiger partial charge in [0.1, 0.15) is 5.75 Å². The molecule has 0 heterocycles. The number of hydrogen-bond acceptors (Lipinski definition) is 3. The van der Waals surface area contributed by atoms with Gasteiger partial charge in [0.2, 0.25) is 0 Å². The zero-order chi connectivity index (χ0) is 14.5. The predicted molar refractivity (Wildman–Crippen MR) is 77.3 cm³/mol. The Balaban J connectivity index is 2.44. The fraction of sp³-hybridized carbons (Fsp3) is 0.533. The van der Waals surface area contributed by atoms with Crippen molar-refractivity contribution in [2.45, 2.75) is 39.2 Å². The Bertz CT molecular complexity index is 422. The Kier molecular flexibility index (Phi) is 5.36. The van der Waals surface area contributed by atoms with Crippen LogP contribution in [-0.4, -0.2) is 24.6 Å². The molecule has 0 spiro atoms. The lowest BCUT2D eigenvalue weighted by Crippen LogP contribution is -2.46. The van der Waals surface area contributed by atoms with Crippen molar-refractivity contribution in [1.82, 2.24) is 5.32 Å². The standard InChI is InChI=1S/C15H24N2O2/c1-11(2)12-6-5-7-13(8-12)19-9-14(18)17-10-15(3,4)16/h5-8,11H,9-10,16H2,1-4H3,(H,17,18). The number of nitrogens with one attached hydrogen (secondary N) is 1. The molecule has 1 amide bonds. The third-order valence-corrected chi connectivity index (χ3v) is 2.64. The first-order valence-electron chi connectivity index (χ1n) is 6.56. The summed E-state index contributed by atoms with van der Waals surface area (Å²) < 4.78 is 5.47. The van der Waals surface area contributed by atoms with E-state index in [0.29, 0.717) is 18.2 Å². The Morgan fingerprint density at radius 3 is 2.68 bits per heavy atom. The molecule has 0 aliphatic heterocycles. The van der Waals surface area contributed by atoms with Crippen LogP contribution in [-0.2, 0) is 4.79 Å². The van der Waals surface area contributed by atoms with Gasteiger partial charge in [-0.05, 0) is 37.5 Å². The molecular weight excluding hydrogens is 240 g/mol. The number of hydrogen-bond donors (Lipinski definition) is 2. The second-order valence-corrected chi connectivity index (χ2v) is 5.78. The second-order valence-electron chi connectivity index (χ2n) is 5.78. The van der Waals surface area contributed by atoms with E-state index in [9.17, 15) is 4.79 Å². The minimum Gasteiger partial charge on any atom is -0.484 e. The van der Waals surface area contributed by atoms with Crippen LogP contribution in [0, 0.1) is 0 Å². The van der Waals surface area contributed by atoms with Gasteiger partial charge in [0.05, 0.1) is 0 Å². The first-order chi connectivity index (χ1) is 8.78. The quantitative estimate of drug-likeness (QED) is 0.826. The zero-order valence-corrected chi connectivity index (χ0v) is 12.2. The monoisotopic (exact) mass is 264 g/mol. The molecule has 0 unspecified atom stereocenters. The highest BCUT2D eigenvalue weighted by atomic mass is 16.5. The van der Waals surface area contributed by atoms with Gasteiger partial charge in [-0.15, -0.1) is 0 Å². The third kappa shape index (κ3) is 6.25. The second kappa shape index (κ2) is 6.57. The minimum absolute atomic E-state index is 0.0115. The summed E-state index contributed by atoms with van der Waals surface area (Å²) in [6.45, 7) is 8.41. The highest BCUT2D eigenvalue weighted by Gasteiger charge is 2.12. The number of ether oxygens (including phenoxy) is 1. The topological polar surface area (TPSA) is 64.3 Å². The molecule has 1 aromatic rings. The predicted octanol–water partition coefficient (Wildman–Crippen LogP) is 2.04. The summed E-state index contributed by atoms with van der Waals surface area (Å²) in [6.07, 6.45) is 0. The molecule has 19 heavy (non-hydrogen) atoms. The van der Waals surface area contributed by atoms with Crippen molar-refractivity contribution in [3.63, 3.8) is 0 Å². The van der Waals surface area contributed by atoms with Crippen molar-refractivity contribution < 1.29 is 9.53 Å². The van der Waals surface area contributed by atoms with Crippen LogP contribution >= 0.6 is 0 Å². The van der Waals surface area contributed by atoms with Crippen molar-refractivity contribution >= 4 is 5.91 Å². The van der Waals surface area contributed by atoms with E-state index >= 15 is 0 Å². The molecule has 0 bridgehead atoms. The first kappa shape index (κ1) is 15.5. The average Bonchev–Trinajstić information content (AvgIpc) is 2.33. The highest BCUT2D eigenvalue weighted by molar-refractivity contribution is 5.77. The van der Waals surface area contributed by atoms with Gasteiger partial charge in [0.25, 0.3) is 5.91 Å². The van der Waals surface area contributed by atoms with Crippen molar-refractivity contribution in [3.8, 4) is 5.75 Å². The van der Waals surface area contributed by atoms with Crippen LogP contribution in [0.4, 0.5) is 0 Å². The smallest absolute Gasteiger partial charge is 0.258 e. The summed E-state index contributed by atoms with van der Waals surface area (Å²) >= 11 is 0. The highest BCUT2D eigenvalue weighted by Crippen LogP contribution is 2.19. The molecule has 0 aromatic heterocycles. The van der Waals surface area contributed by atoms with E-state index in [2.05, 4.69) is 25.2 Å². The van der Waals surface area contributed by atoms with Crippen LogP contribution in [0.5, 0.6) is 5.75 Å². The molecule has 0 aliphatic rings. The third-order valence-electron chi connectivity index (χ3n) is 2.64. The molecule has 106 valence electrons. The van der Waals surface area contributed by atoms with Crippen LogP contribution < -0.4 is 15.8 Å². The van der Waals surface area contributed by atoms with Gasteiger partial charge >= 0.3 is 0 Å². The number of benzene rings is 1. The lowest BCUT2D eigenvalue weighted by atomic mass is 10.0. The molecule has 0 aliphatic carbocycles. The largest absolute Gasteiger partial charge is 0.484 e. The molecular formula is C15H24N2O2. The molecule has 0 saturated carbocycles.